The minimum Gasteiger partial charge on any atom is -0.298 e. The first-order valence-corrected chi connectivity index (χ1v) is 7.01. The second-order valence-electron chi connectivity index (χ2n) is 4.73. The summed E-state index contributed by atoms with van der Waals surface area (Å²) >= 11 is 0. The van der Waals surface area contributed by atoms with E-state index in [9.17, 15) is 4.79 Å². The number of nitrogens with zero attached hydrogens (tertiary/aromatic N) is 6. The molecule has 134 valence electrons. The molecule has 0 bridgehead atoms. The summed E-state index contributed by atoms with van der Waals surface area (Å²) < 4.78 is 2.89. The maximum atomic E-state index is 12.3. The summed E-state index contributed by atoms with van der Waals surface area (Å²) in [5.41, 5.74) is 0.137. The monoisotopic (exact) mass is 346 g/mol. The van der Waals surface area contributed by atoms with Crippen LogP contribution in [-0.2, 0) is 22.8 Å². The van der Waals surface area contributed by atoms with Gasteiger partial charge >= 0.3 is 0 Å². The van der Waals surface area contributed by atoms with E-state index in [-0.39, 0.29) is 36.1 Å². The molecule has 13 nitrogen and oxygen atoms in total. The molecule has 0 aromatic carbocycles. The molecule has 0 spiro atoms. The van der Waals surface area contributed by atoms with E-state index < -0.39 is 0 Å². The predicted octanol–water partition coefficient (Wildman–Crippen LogP) is -0.603. The Morgan fingerprint density at radius 1 is 1.04 bits per heavy atom. The van der Waals surface area contributed by atoms with Crippen molar-refractivity contribution < 1.29 is 30.5 Å². The smallest absolute Gasteiger partial charge is 0.264 e. The van der Waals surface area contributed by atoms with E-state index in [1.54, 1.807) is 0 Å². The maximum Gasteiger partial charge on any atom is 0.264 e. The molecular formula is C11H18N6O7. The third-order valence-corrected chi connectivity index (χ3v) is 3.09. The largest absolute Gasteiger partial charge is 0.298 e. The third kappa shape index (κ3) is 5.02. The van der Waals surface area contributed by atoms with Gasteiger partial charge in [-0.25, -0.2) is 9.67 Å². The second kappa shape index (κ2) is 8.76. The average Bonchev–Trinajstić information content (AvgIpc) is 2.93. The van der Waals surface area contributed by atoms with Gasteiger partial charge in [-0.1, -0.05) is 0 Å². The first-order valence-electron chi connectivity index (χ1n) is 7.01. The second-order valence-corrected chi connectivity index (χ2v) is 4.73. The van der Waals surface area contributed by atoms with Crippen LogP contribution in [0.1, 0.15) is 12.8 Å². The average molecular weight is 346 g/mol. The van der Waals surface area contributed by atoms with E-state index in [0.717, 1.165) is 0 Å². The van der Waals surface area contributed by atoms with Crippen LogP contribution in [0.4, 0.5) is 0 Å². The number of rotatable bonds is 10. The van der Waals surface area contributed by atoms with Crippen molar-refractivity contribution in [2.45, 2.75) is 25.9 Å². The maximum absolute atomic E-state index is 12.3. The van der Waals surface area contributed by atoms with Crippen molar-refractivity contribution in [3.05, 3.63) is 22.9 Å². The molecule has 0 unspecified atom stereocenters. The first kappa shape index (κ1) is 18.4. The van der Waals surface area contributed by atoms with Gasteiger partial charge in [0.25, 0.3) is 5.56 Å². The van der Waals surface area contributed by atoms with Crippen molar-refractivity contribution in [1.29, 1.82) is 0 Å². The molecule has 0 aliphatic heterocycles. The van der Waals surface area contributed by atoms with Crippen LogP contribution in [0.5, 0.6) is 0 Å². The highest BCUT2D eigenvalue weighted by atomic mass is 17.1. The van der Waals surface area contributed by atoms with Gasteiger partial charge in [-0.05, 0) is 12.8 Å². The standard InChI is InChI=1S/C11H18N6O7/c18-11-9-7-13-15(4-2-6-24-17(21)22)10(9)12-8-14(11)3-1-5-23-16(19)20/h7-8,19-22H,1-6H2. The molecule has 0 aliphatic rings. The molecule has 0 saturated heterocycles. The number of fused-ring (bicyclic) bond motifs is 1. The highest BCUT2D eigenvalue weighted by molar-refractivity contribution is 5.72. The summed E-state index contributed by atoms with van der Waals surface area (Å²) in [5, 5.41) is 37.3. The summed E-state index contributed by atoms with van der Waals surface area (Å²) in [6.07, 6.45) is 3.58. The molecule has 24 heavy (non-hydrogen) atoms. The Hall–Kier alpha value is -1.97. The molecule has 2 heterocycles. The first-order chi connectivity index (χ1) is 11.5. The molecule has 2 aromatic heterocycles. The van der Waals surface area contributed by atoms with Crippen molar-refractivity contribution >= 4 is 11.0 Å². The minimum absolute atomic E-state index is 0.0173. The van der Waals surface area contributed by atoms with Crippen LogP contribution < -0.4 is 5.56 Å². The SMILES string of the molecule is O=c1c2cnn(CCCON(O)O)c2ncn1CCCON(O)O. The lowest BCUT2D eigenvalue weighted by Crippen LogP contribution is -2.22. The molecule has 4 N–H and O–H groups in total. The van der Waals surface area contributed by atoms with Crippen LogP contribution in [0, 0.1) is 0 Å². The molecule has 0 radical (unpaired) electrons. The van der Waals surface area contributed by atoms with Gasteiger partial charge in [0.2, 0.25) is 0 Å². The molecule has 2 aromatic rings. The van der Waals surface area contributed by atoms with E-state index >= 15 is 0 Å². The molecule has 13 heteroatoms. The van der Waals surface area contributed by atoms with Crippen molar-refractivity contribution in [3.63, 3.8) is 0 Å². The Morgan fingerprint density at radius 2 is 1.67 bits per heavy atom. The Balaban J connectivity index is 1.98. The van der Waals surface area contributed by atoms with E-state index in [1.165, 1.54) is 21.8 Å². The van der Waals surface area contributed by atoms with E-state index in [2.05, 4.69) is 19.8 Å². The van der Waals surface area contributed by atoms with Crippen molar-refractivity contribution in [1.82, 2.24) is 30.1 Å². The number of aryl methyl sites for hydroxylation is 2. The predicted molar refractivity (Wildman–Crippen MR) is 73.8 cm³/mol. The molecule has 0 fully saturated rings. The van der Waals surface area contributed by atoms with Crippen molar-refractivity contribution in [2.24, 2.45) is 0 Å². The van der Waals surface area contributed by atoms with Crippen LogP contribution in [-0.4, -0.2) is 64.2 Å². The fourth-order valence-corrected chi connectivity index (χ4v) is 2.06. The highest BCUT2D eigenvalue weighted by Crippen LogP contribution is 2.06. The van der Waals surface area contributed by atoms with Gasteiger partial charge in [0.05, 0.1) is 36.5 Å². The van der Waals surface area contributed by atoms with E-state index in [1.807, 2.05) is 0 Å². The van der Waals surface area contributed by atoms with Crippen molar-refractivity contribution in [3.8, 4) is 0 Å². The van der Waals surface area contributed by atoms with Crippen LogP contribution in [0.15, 0.2) is 17.3 Å². The molecular weight excluding hydrogens is 328 g/mol. The summed E-state index contributed by atoms with van der Waals surface area (Å²) in [7, 11) is 0. The fraction of sp³-hybridized carbons (Fsp3) is 0.545. The molecule has 2 rings (SSSR count). The van der Waals surface area contributed by atoms with Gasteiger partial charge in [0.15, 0.2) is 5.65 Å². The minimum atomic E-state index is -0.384. The Labute approximate surface area is 134 Å². The summed E-state index contributed by atoms with van der Waals surface area (Å²) in [6.45, 7) is 0.740. The van der Waals surface area contributed by atoms with Gasteiger partial charge in [-0.15, -0.1) is 0 Å². The van der Waals surface area contributed by atoms with Crippen LogP contribution in [0.25, 0.3) is 11.0 Å². The quantitative estimate of drug-likeness (QED) is 0.321. The third-order valence-electron chi connectivity index (χ3n) is 3.09. The summed E-state index contributed by atoms with van der Waals surface area (Å²) in [5.74, 6) is 0. The van der Waals surface area contributed by atoms with Crippen LogP contribution in [0.3, 0.4) is 0 Å². The lowest BCUT2D eigenvalue weighted by atomic mass is 10.4. The molecule has 0 saturated carbocycles. The Morgan fingerprint density at radius 3 is 2.29 bits per heavy atom. The zero-order valence-corrected chi connectivity index (χ0v) is 12.6. The lowest BCUT2D eigenvalue weighted by molar-refractivity contribution is -0.492. The van der Waals surface area contributed by atoms with Crippen LogP contribution in [0.2, 0.25) is 0 Å². The zero-order valence-electron chi connectivity index (χ0n) is 12.6. The zero-order chi connectivity index (χ0) is 17.5. The van der Waals surface area contributed by atoms with Crippen LogP contribution >= 0.6 is 0 Å². The number of hydrogen-bond donors (Lipinski definition) is 4. The normalized spacial score (nSPS) is 11.9. The molecule has 0 amide bonds. The summed E-state index contributed by atoms with van der Waals surface area (Å²) in [4.78, 5) is 25.3. The van der Waals surface area contributed by atoms with Gasteiger partial charge in [-0.3, -0.25) is 39.9 Å². The molecule has 0 aliphatic carbocycles. The fourth-order valence-electron chi connectivity index (χ4n) is 2.06. The van der Waals surface area contributed by atoms with E-state index in [4.69, 9.17) is 20.8 Å². The Kier molecular flexibility index (Phi) is 6.71. The van der Waals surface area contributed by atoms with Gasteiger partial charge in [-0.2, -0.15) is 5.10 Å². The van der Waals surface area contributed by atoms with E-state index in [0.29, 0.717) is 30.4 Å². The topological polar surface area (TPSA) is 159 Å². The number of aromatic nitrogens is 4. The van der Waals surface area contributed by atoms with Gasteiger partial charge < -0.3 is 0 Å². The molecule has 0 atom stereocenters. The van der Waals surface area contributed by atoms with Gasteiger partial charge in [0, 0.05) is 13.1 Å². The summed E-state index contributed by atoms with van der Waals surface area (Å²) in [6, 6.07) is 0. The highest BCUT2D eigenvalue weighted by Gasteiger charge is 2.10. The van der Waals surface area contributed by atoms with Gasteiger partial charge in [0.1, 0.15) is 5.39 Å². The van der Waals surface area contributed by atoms with Crippen molar-refractivity contribution in [2.75, 3.05) is 13.2 Å². The Bertz CT molecular complexity index is 700. The number of hydrogen-bond acceptors (Lipinski definition) is 11. The lowest BCUT2D eigenvalue weighted by Gasteiger charge is -2.08.